The van der Waals surface area contributed by atoms with Crippen molar-refractivity contribution in [2.24, 2.45) is 4.99 Å². The molecular weight excluding hydrogens is 234 g/mol. The van der Waals surface area contributed by atoms with Crippen LogP contribution in [0.3, 0.4) is 0 Å². The van der Waals surface area contributed by atoms with Crippen molar-refractivity contribution in [2.45, 2.75) is 13.1 Å². The van der Waals surface area contributed by atoms with Gasteiger partial charge in [-0.05, 0) is 10.8 Å². The highest BCUT2D eigenvalue weighted by Gasteiger charge is 2.27. The van der Waals surface area contributed by atoms with Crippen LogP contribution in [0.25, 0.3) is 0 Å². The van der Waals surface area contributed by atoms with Gasteiger partial charge in [0, 0.05) is 13.3 Å². The van der Waals surface area contributed by atoms with Crippen LogP contribution in [0.15, 0.2) is 59.6 Å². The van der Waals surface area contributed by atoms with Crippen molar-refractivity contribution in [3.8, 4) is 0 Å². The summed E-state index contributed by atoms with van der Waals surface area (Å²) >= 11 is 0. The van der Waals surface area contributed by atoms with Crippen LogP contribution in [0.1, 0.15) is 5.56 Å². The molecule has 0 radical (unpaired) electrons. The Hall–Kier alpha value is -1.67. The Morgan fingerprint density at radius 1 is 0.889 bits per heavy atom. The third-order valence-electron chi connectivity index (χ3n) is 3.40. The van der Waals surface area contributed by atoms with Crippen LogP contribution in [-0.4, -0.2) is 21.3 Å². The molecule has 1 nitrogen and oxygen atoms in total. The van der Waals surface area contributed by atoms with E-state index in [1.54, 1.807) is 0 Å². The molecule has 0 saturated heterocycles. The molecule has 0 aliphatic rings. The fraction of sp³-hybridized carbons (Fsp3) is 0.188. The molecule has 18 heavy (non-hydrogen) atoms. The highest BCUT2D eigenvalue weighted by molar-refractivity contribution is 7.00. The SMILES string of the molecule is CN=Cc1ccccc1[Si](C)(C)c1ccccc1. The Bertz CT molecular complexity index is 544. The van der Waals surface area contributed by atoms with Gasteiger partial charge in [0.25, 0.3) is 0 Å². The van der Waals surface area contributed by atoms with Crippen LogP contribution in [0.5, 0.6) is 0 Å². The molecule has 0 unspecified atom stereocenters. The monoisotopic (exact) mass is 253 g/mol. The van der Waals surface area contributed by atoms with Gasteiger partial charge in [-0.1, -0.05) is 72.9 Å². The van der Waals surface area contributed by atoms with Gasteiger partial charge < -0.3 is 0 Å². The minimum absolute atomic E-state index is 1.25. The van der Waals surface area contributed by atoms with Crippen LogP contribution >= 0.6 is 0 Å². The smallest absolute Gasteiger partial charge is 0.113 e. The van der Waals surface area contributed by atoms with E-state index < -0.39 is 8.07 Å². The summed E-state index contributed by atoms with van der Waals surface area (Å²) in [5.41, 5.74) is 1.25. The van der Waals surface area contributed by atoms with E-state index in [0.717, 1.165) is 0 Å². The van der Waals surface area contributed by atoms with Gasteiger partial charge in [-0.15, -0.1) is 0 Å². The van der Waals surface area contributed by atoms with Crippen molar-refractivity contribution in [1.82, 2.24) is 0 Å². The lowest BCUT2D eigenvalue weighted by Crippen LogP contribution is -2.54. The summed E-state index contributed by atoms with van der Waals surface area (Å²) in [6, 6.07) is 19.4. The second kappa shape index (κ2) is 5.32. The summed E-state index contributed by atoms with van der Waals surface area (Å²) in [6.45, 7) is 4.79. The van der Waals surface area contributed by atoms with Crippen LogP contribution in [0, 0.1) is 0 Å². The second-order valence-electron chi connectivity index (χ2n) is 4.97. The average Bonchev–Trinajstić information content (AvgIpc) is 2.41. The molecule has 92 valence electrons. The lowest BCUT2D eigenvalue weighted by atomic mass is 10.2. The number of rotatable bonds is 3. The van der Waals surface area contributed by atoms with E-state index in [-0.39, 0.29) is 0 Å². The molecule has 2 heteroatoms. The van der Waals surface area contributed by atoms with E-state index in [2.05, 4.69) is 72.7 Å². The molecule has 0 atom stereocenters. The molecular formula is C16H19NSi. The maximum atomic E-state index is 4.17. The molecule has 0 fully saturated rings. The summed E-state index contributed by atoms with van der Waals surface area (Å²) in [6.07, 6.45) is 1.97. The van der Waals surface area contributed by atoms with E-state index in [1.807, 2.05) is 13.3 Å². The van der Waals surface area contributed by atoms with Crippen LogP contribution < -0.4 is 10.4 Å². The third kappa shape index (κ3) is 2.43. The van der Waals surface area contributed by atoms with Crippen molar-refractivity contribution < 1.29 is 0 Å². The van der Waals surface area contributed by atoms with E-state index in [0.29, 0.717) is 0 Å². The molecule has 2 aromatic rings. The third-order valence-corrected chi connectivity index (χ3v) is 6.98. The summed E-state index contributed by atoms with van der Waals surface area (Å²) < 4.78 is 0. The van der Waals surface area contributed by atoms with Crippen LogP contribution in [0.4, 0.5) is 0 Å². The van der Waals surface area contributed by atoms with Crippen LogP contribution in [0.2, 0.25) is 13.1 Å². The van der Waals surface area contributed by atoms with Gasteiger partial charge in [0.15, 0.2) is 0 Å². The van der Waals surface area contributed by atoms with Crippen molar-refractivity contribution in [2.75, 3.05) is 7.05 Å². The average molecular weight is 253 g/mol. The molecule has 2 aromatic carbocycles. The van der Waals surface area contributed by atoms with Crippen LogP contribution in [-0.2, 0) is 0 Å². The molecule has 2 rings (SSSR count). The van der Waals surface area contributed by atoms with Gasteiger partial charge >= 0.3 is 0 Å². The number of hydrogen-bond donors (Lipinski definition) is 0. The van der Waals surface area contributed by atoms with Gasteiger partial charge in [0.1, 0.15) is 8.07 Å². The number of aliphatic imine (C=N–C) groups is 1. The molecule has 0 heterocycles. The molecule has 0 N–H and O–H groups in total. The van der Waals surface area contributed by atoms with Crippen molar-refractivity contribution in [3.05, 3.63) is 60.2 Å². The number of benzene rings is 2. The van der Waals surface area contributed by atoms with E-state index in [1.165, 1.54) is 15.9 Å². The standard InChI is InChI=1S/C16H19NSi/c1-17-13-14-9-7-8-12-16(14)18(2,3)15-10-5-4-6-11-15/h4-13H,1-3H3. The Balaban J connectivity index is 2.54. The summed E-state index contributed by atoms with van der Waals surface area (Å²) in [5.74, 6) is 0. The van der Waals surface area contributed by atoms with Crippen molar-refractivity contribution in [3.63, 3.8) is 0 Å². The van der Waals surface area contributed by atoms with Gasteiger partial charge in [-0.25, -0.2) is 0 Å². The Kier molecular flexibility index (Phi) is 3.77. The minimum atomic E-state index is -1.63. The predicted molar refractivity (Wildman–Crippen MR) is 83.2 cm³/mol. The van der Waals surface area contributed by atoms with Gasteiger partial charge in [-0.2, -0.15) is 0 Å². The normalized spacial score (nSPS) is 11.9. The first-order valence-electron chi connectivity index (χ1n) is 6.23. The van der Waals surface area contributed by atoms with Crippen molar-refractivity contribution >= 4 is 24.7 Å². The second-order valence-corrected chi connectivity index (χ2v) is 9.33. The lowest BCUT2D eigenvalue weighted by Gasteiger charge is -2.25. The Labute approximate surface area is 110 Å². The first-order chi connectivity index (χ1) is 8.66. The highest BCUT2D eigenvalue weighted by Crippen LogP contribution is 2.07. The lowest BCUT2D eigenvalue weighted by molar-refractivity contribution is 1.46. The number of hydrogen-bond acceptors (Lipinski definition) is 1. The topological polar surface area (TPSA) is 12.4 Å². The Morgan fingerprint density at radius 2 is 1.50 bits per heavy atom. The zero-order chi connectivity index (χ0) is 13.0. The van der Waals surface area contributed by atoms with E-state index in [9.17, 15) is 0 Å². The minimum Gasteiger partial charge on any atom is -0.296 e. The molecule has 0 aliphatic heterocycles. The maximum absolute atomic E-state index is 4.17. The largest absolute Gasteiger partial charge is 0.296 e. The molecule has 0 bridgehead atoms. The maximum Gasteiger partial charge on any atom is 0.113 e. The Morgan fingerprint density at radius 3 is 2.17 bits per heavy atom. The van der Waals surface area contributed by atoms with Crippen molar-refractivity contribution in [1.29, 1.82) is 0 Å². The quantitative estimate of drug-likeness (QED) is 0.589. The molecule has 0 spiro atoms. The highest BCUT2D eigenvalue weighted by atomic mass is 28.3. The fourth-order valence-corrected chi connectivity index (χ4v) is 5.05. The summed E-state index contributed by atoms with van der Waals surface area (Å²) in [7, 11) is 0.199. The van der Waals surface area contributed by atoms with E-state index in [4.69, 9.17) is 0 Å². The predicted octanol–water partition coefficient (Wildman–Crippen LogP) is 2.56. The molecule has 0 aliphatic carbocycles. The van der Waals surface area contributed by atoms with Gasteiger partial charge in [0.05, 0.1) is 0 Å². The molecule has 0 amide bonds. The number of nitrogens with zero attached hydrogens (tertiary/aromatic N) is 1. The molecule has 0 aromatic heterocycles. The molecule has 0 saturated carbocycles. The summed E-state index contributed by atoms with van der Waals surface area (Å²) in [5, 5.41) is 2.91. The zero-order valence-corrected chi connectivity index (χ0v) is 12.2. The zero-order valence-electron chi connectivity index (χ0n) is 11.2. The first-order valence-corrected chi connectivity index (χ1v) is 9.23. The van der Waals surface area contributed by atoms with Gasteiger partial charge in [-0.3, -0.25) is 4.99 Å². The summed E-state index contributed by atoms with van der Waals surface area (Å²) in [4.78, 5) is 4.17. The fourth-order valence-electron chi connectivity index (χ4n) is 2.33. The van der Waals surface area contributed by atoms with Gasteiger partial charge in [0.2, 0.25) is 0 Å². The first kappa shape index (κ1) is 12.8. The van der Waals surface area contributed by atoms with E-state index >= 15 is 0 Å².